The van der Waals surface area contributed by atoms with Crippen LogP contribution in [0.25, 0.3) is 10.8 Å². The quantitative estimate of drug-likeness (QED) is 0.300. The van der Waals surface area contributed by atoms with Crippen molar-refractivity contribution in [2.24, 2.45) is 0 Å². The van der Waals surface area contributed by atoms with Gasteiger partial charge >= 0.3 is 0 Å². The highest BCUT2D eigenvalue weighted by Gasteiger charge is 2.31. The molecule has 1 heterocycles. The summed E-state index contributed by atoms with van der Waals surface area (Å²) in [5, 5.41) is 5.62. The first kappa shape index (κ1) is 26.7. The predicted molar refractivity (Wildman–Crippen MR) is 149 cm³/mol. The second kappa shape index (κ2) is 12.2. The Morgan fingerprint density at radius 1 is 1.00 bits per heavy atom. The minimum Gasteiger partial charge on any atom is -0.354 e. The fraction of sp³-hybridized carbons (Fsp3) is 0.367. The van der Waals surface area contributed by atoms with Crippen LogP contribution < -0.4 is 10.2 Å². The smallest absolute Gasteiger partial charge is 0.258 e. The molecule has 37 heavy (non-hydrogen) atoms. The summed E-state index contributed by atoms with van der Waals surface area (Å²) < 4.78 is 0. The molecule has 0 bridgehead atoms. The number of carbonyl (C=O) groups excluding carboxylic acids is 3. The number of benzene rings is 3. The van der Waals surface area contributed by atoms with Crippen molar-refractivity contribution in [3.05, 3.63) is 76.8 Å². The van der Waals surface area contributed by atoms with E-state index >= 15 is 0 Å². The first-order chi connectivity index (χ1) is 17.9. The van der Waals surface area contributed by atoms with Gasteiger partial charge in [0.2, 0.25) is 11.8 Å². The lowest BCUT2D eigenvalue weighted by molar-refractivity contribution is -0.141. The van der Waals surface area contributed by atoms with Gasteiger partial charge < -0.3 is 15.1 Å². The molecule has 0 fully saturated rings. The van der Waals surface area contributed by atoms with E-state index < -0.39 is 6.04 Å². The molecule has 0 saturated heterocycles. The summed E-state index contributed by atoms with van der Waals surface area (Å²) in [7, 11) is 0. The van der Waals surface area contributed by atoms with Gasteiger partial charge in [-0.15, -0.1) is 0 Å². The number of hydrogen-bond donors (Lipinski definition) is 1. The Morgan fingerprint density at radius 2 is 1.73 bits per heavy atom. The molecule has 3 aromatic rings. The number of anilines is 1. The van der Waals surface area contributed by atoms with Crippen LogP contribution in [0.3, 0.4) is 0 Å². The van der Waals surface area contributed by atoms with Crippen LogP contribution in [0.4, 0.5) is 5.69 Å². The number of rotatable bonds is 12. The van der Waals surface area contributed by atoms with Gasteiger partial charge in [-0.05, 0) is 54.5 Å². The van der Waals surface area contributed by atoms with E-state index in [4.69, 9.17) is 11.6 Å². The first-order valence-electron chi connectivity index (χ1n) is 13.1. The van der Waals surface area contributed by atoms with Crippen LogP contribution in [-0.4, -0.2) is 41.8 Å². The van der Waals surface area contributed by atoms with Gasteiger partial charge in [-0.1, -0.05) is 68.3 Å². The third kappa shape index (κ3) is 5.96. The number of unbranched alkanes of at least 4 members (excludes halogenated alkanes) is 1. The van der Waals surface area contributed by atoms with E-state index in [1.807, 2.05) is 55.5 Å². The van der Waals surface area contributed by atoms with Crippen molar-refractivity contribution < 1.29 is 14.4 Å². The van der Waals surface area contributed by atoms with Gasteiger partial charge in [-0.25, -0.2) is 0 Å². The maximum atomic E-state index is 13.5. The molecule has 6 nitrogen and oxygen atoms in total. The summed E-state index contributed by atoms with van der Waals surface area (Å²) in [6.07, 6.45) is 3.13. The van der Waals surface area contributed by atoms with Crippen LogP contribution in [0.15, 0.2) is 60.7 Å². The van der Waals surface area contributed by atoms with Crippen molar-refractivity contribution in [2.75, 3.05) is 18.0 Å². The SMILES string of the molecule is CCCCNC(=O)[C@H](CC)N(Cc1ccc(Cl)cc1)C(=O)CCCN1C(=O)c2cccc3cccc1c23. The Balaban J connectivity index is 1.46. The largest absolute Gasteiger partial charge is 0.354 e. The number of hydrogen-bond acceptors (Lipinski definition) is 3. The summed E-state index contributed by atoms with van der Waals surface area (Å²) in [4.78, 5) is 43.1. The molecule has 194 valence electrons. The summed E-state index contributed by atoms with van der Waals surface area (Å²) in [6, 6.07) is 18.5. The highest BCUT2D eigenvalue weighted by Crippen LogP contribution is 2.37. The summed E-state index contributed by atoms with van der Waals surface area (Å²) in [5.74, 6) is -0.260. The van der Waals surface area contributed by atoms with E-state index in [-0.39, 0.29) is 24.1 Å². The fourth-order valence-electron chi connectivity index (χ4n) is 4.95. The number of halogens is 1. The highest BCUT2D eigenvalue weighted by molar-refractivity contribution is 6.30. The van der Waals surface area contributed by atoms with Crippen LogP contribution in [0.2, 0.25) is 5.02 Å². The van der Waals surface area contributed by atoms with Gasteiger partial charge in [0.25, 0.3) is 5.91 Å². The third-order valence-electron chi connectivity index (χ3n) is 6.90. The lowest BCUT2D eigenvalue weighted by Gasteiger charge is -2.31. The van der Waals surface area contributed by atoms with Crippen molar-refractivity contribution in [1.82, 2.24) is 10.2 Å². The monoisotopic (exact) mass is 519 g/mol. The van der Waals surface area contributed by atoms with Gasteiger partial charge in [0.1, 0.15) is 6.04 Å². The van der Waals surface area contributed by atoms with Crippen LogP contribution in [0.5, 0.6) is 0 Å². The van der Waals surface area contributed by atoms with Gasteiger partial charge in [0, 0.05) is 42.0 Å². The van der Waals surface area contributed by atoms with Crippen LogP contribution in [-0.2, 0) is 16.1 Å². The Labute approximate surface area is 223 Å². The molecule has 7 heteroatoms. The first-order valence-corrected chi connectivity index (χ1v) is 13.5. The molecular weight excluding hydrogens is 486 g/mol. The number of amides is 3. The third-order valence-corrected chi connectivity index (χ3v) is 7.16. The zero-order valence-electron chi connectivity index (χ0n) is 21.5. The molecule has 1 N–H and O–H groups in total. The van der Waals surface area contributed by atoms with Crippen molar-refractivity contribution in [2.45, 2.75) is 58.5 Å². The Hall–Kier alpha value is -3.38. The molecule has 3 amide bonds. The van der Waals surface area contributed by atoms with Crippen molar-refractivity contribution in [3.8, 4) is 0 Å². The predicted octanol–water partition coefficient (Wildman–Crippen LogP) is 5.96. The molecule has 0 radical (unpaired) electrons. The van der Waals surface area contributed by atoms with Crippen LogP contribution in [0, 0.1) is 0 Å². The normalized spacial score (nSPS) is 13.2. The fourth-order valence-corrected chi connectivity index (χ4v) is 5.07. The topological polar surface area (TPSA) is 69.7 Å². The molecule has 4 rings (SSSR count). The molecule has 1 aliphatic heterocycles. The average Bonchev–Trinajstić information content (AvgIpc) is 3.18. The van der Waals surface area contributed by atoms with Crippen LogP contribution >= 0.6 is 11.6 Å². The average molecular weight is 520 g/mol. The minimum atomic E-state index is -0.563. The molecule has 0 unspecified atom stereocenters. The van der Waals surface area contributed by atoms with Crippen molar-refractivity contribution in [3.63, 3.8) is 0 Å². The summed E-state index contributed by atoms with van der Waals surface area (Å²) in [5.41, 5.74) is 2.51. The Morgan fingerprint density at radius 3 is 2.43 bits per heavy atom. The van der Waals surface area contributed by atoms with E-state index in [1.165, 1.54) is 0 Å². The van der Waals surface area contributed by atoms with E-state index in [9.17, 15) is 14.4 Å². The molecule has 0 aliphatic carbocycles. The van der Waals surface area contributed by atoms with Gasteiger partial charge in [0.15, 0.2) is 0 Å². The maximum absolute atomic E-state index is 13.5. The minimum absolute atomic E-state index is 0.0287. The maximum Gasteiger partial charge on any atom is 0.258 e. The molecule has 3 aromatic carbocycles. The molecule has 0 spiro atoms. The number of nitrogens with zero attached hydrogens (tertiary/aromatic N) is 2. The molecular formula is C30H34ClN3O3. The number of carbonyl (C=O) groups is 3. The standard InChI is InChI=1S/C30H34ClN3O3/c1-3-5-18-32-29(36)25(4-2)34(20-21-14-16-23(31)17-15-21)27(35)13-8-19-33-26-12-7-10-22-9-6-11-24(28(22)26)30(33)37/h6-7,9-12,14-17,25H,3-5,8,13,18-20H2,1-2H3,(H,32,36)/t25-/m0/s1. The molecule has 0 aromatic heterocycles. The van der Waals surface area contributed by atoms with E-state index in [0.29, 0.717) is 43.1 Å². The van der Waals surface area contributed by atoms with Gasteiger partial charge in [-0.2, -0.15) is 0 Å². The second-order valence-electron chi connectivity index (χ2n) is 9.46. The molecule has 1 atom stereocenters. The van der Waals surface area contributed by atoms with Gasteiger partial charge in [0.05, 0.1) is 5.69 Å². The van der Waals surface area contributed by atoms with E-state index in [0.717, 1.165) is 34.9 Å². The lowest BCUT2D eigenvalue weighted by atomic mass is 10.1. The highest BCUT2D eigenvalue weighted by atomic mass is 35.5. The van der Waals surface area contributed by atoms with Crippen molar-refractivity contribution >= 4 is 45.8 Å². The lowest BCUT2D eigenvalue weighted by Crippen LogP contribution is -2.49. The van der Waals surface area contributed by atoms with E-state index in [1.54, 1.807) is 21.9 Å². The zero-order valence-corrected chi connectivity index (χ0v) is 22.3. The van der Waals surface area contributed by atoms with Crippen LogP contribution in [0.1, 0.15) is 61.9 Å². The molecule has 1 aliphatic rings. The zero-order chi connectivity index (χ0) is 26.4. The van der Waals surface area contributed by atoms with Crippen molar-refractivity contribution in [1.29, 1.82) is 0 Å². The summed E-state index contributed by atoms with van der Waals surface area (Å²) >= 11 is 6.05. The Bertz CT molecular complexity index is 1270. The summed E-state index contributed by atoms with van der Waals surface area (Å²) in [6.45, 7) is 5.35. The second-order valence-corrected chi connectivity index (χ2v) is 9.89. The number of nitrogens with one attached hydrogen (secondary N) is 1. The Kier molecular flexibility index (Phi) is 8.82. The molecule has 0 saturated carbocycles. The van der Waals surface area contributed by atoms with Gasteiger partial charge in [-0.3, -0.25) is 14.4 Å². The van der Waals surface area contributed by atoms with E-state index in [2.05, 4.69) is 12.2 Å².